The Hall–Kier alpha value is -1.59. The van der Waals surface area contributed by atoms with E-state index in [0.29, 0.717) is 0 Å². The quantitative estimate of drug-likeness (QED) is 0.737. The monoisotopic (exact) mass is 325 g/mol. The van der Waals surface area contributed by atoms with Crippen molar-refractivity contribution in [2.45, 2.75) is 38.3 Å². The highest BCUT2D eigenvalue weighted by Gasteiger charge is 2.45. The third kappa shape index (κ3) is 4.45. The van der Waals surface area contributed by atoms with Crippen LogP contribution < -0.4 is 16.4 Å². The maximum absolute atomic E-state index is 12.0. The van der Waals surface area contributed by atoms with Crippen molar-refractivity contribution in [1.29, 1.82) is 0 Å². The number of benzene rings is 1. The molecular formula is C16H24ClN3O2. The Labute approximate surface area is 137 Å². The highest BCUT2D eigenvalue weighted by molar-refractivity contribution is 5.88. The fourth-order valence-corrected chi connectivity index (χ4v) is 2.27. The zero-order valence-electron chi connectivity index (χ0n) is 13.0. The lowest BCUT2D eigenvalue weighted by Crippen LogP contribution is -2.48. The van der Waals surface area contributed by atoms with Gasteiger partial charge in [-0.2, -0.15) is 0 Å². The summed E-state index contributed by atoms with van der Waals surface area (Å²) in [4.78, 5) is 23.7. The molecule has 122 valence electrons. The second-order valence-electron chi connectivity index (χ2n) is 5.98. The van der Waals surface area contributed by atoms with E-state index in [9.17, 15) is 9.59 Å². The maximum Gasteiger partial charge on any atom is 0.240 e. The van der Waals surface area contributed by atoms with E-state index in [1.165, 1.54) is 0 Å². The van der Waals surface area contributed by atoms with E-state index in [4.69, 9.17) is 5.73 Å². The number of nitrogens with two attached hydrogens (primary N) is 1. The van der Waals surface area contributed by atoms with Gasteiger partial charge in [-0.1, -0.05) is 44.2 Å². The van der Waals surface area contributed by atoms with Gasteiger partial charge in [0.2, 0.25) is 11.8 Å². The molecule has 0 saturated heterocycles. The Bertz CT molecular complexity index is 515. The summed E-state index contributed by atoms with van der Waals surface area (Å²) in [6.07, 6.45) is 1.87. The summed E-state index contributed by atoms with van der Waals surface area (Å²) >= 11 is 0. The van der Waals surface area contributed by atoms with E-state index in [2.05, 4.69) is 10.6 Å². The fourth-order valence-electron chi connectivity index (χ4n) is 2.27. The molecule has 0 aromatic heterocycles. The molecule has 0 aliphatic heterocycles. The zero-order chi connectivity index (χ0) is 15.5. The number of hydrogen-bond donors (Lipinski definition) is 3. The Morgan fingerprint density at radius 3 is 2.32 bits per heavy atom. The van der Waals surface area contributed by atoms with Crippen molar-refractivity contribution >= 4 is 24.2 Å². The molecular weight excluding hydrogens is 302 g/mol. The van der Waals surface area contributed by atoms with Crippen molar-refractivity contribution in [3.8, 4) is 0 Å². The normalized spacial score (nSPS) is 16.4. The summed E-state index contributed by atoms with van der Waals surface area (Å²) in [5.41, 5.74) is 6.60. The molecule has 1 atom stereocenters. The Balaban J connectivity index is 0.00000242. The molecule has 0 spiro atoms. The number of halogens is 1. The van der Waals surface area contributed by atoms with Crippen molar-refractivity contribution in [2.24, 2.45) is 11.7 Å². The summed E-state index contributed by atoms with van der Waals surface area (Å²) in [6.45, 7) is 3.71. The van der Waals surface area contributed by atoms with E-state index in [0.717, 1.165) is 18.4 Å². The number of carbonyl (C=O) groups excluding carboxylic acids is 2. The van der Waals surface area contributed by atoms with Crippen molar-refractivity contribution in [3.05, 3.63) is 35.9 Å². The average Bonchev–Trinajstić information content (AvgIpc) is 3.25. The first-order valence-corrected chi connectivity index (χ1v) is 7.34. The summed E-state index contributed by atoms with van der Waals surface area (Å²) in [7, 11) is 0. The molecule has 6 heteroatoms. The topological polar surface area (TPSA) is 84.2 Å². The van der Waals surface area contributed by atoms with Gasteiger partial charge in [-0.05, 0) is 24.3 Å². The molecule has 1 aliphatic carbocycles. The molecule has 1 saturated carbocycles. The van der Waals surface area contributed by atoms with Crippen LogP contribution >= 0.6 is 12.4 Å². The van der Waals surface area contributed by atoms with Gasteiger partial charge in [0, 0.05) is 0 Å². The Morgan fingerprint density at radius 1 is 1.23 bits per heavy atom. The highest BCUT2D eigenvalue weighted by atomic mass is 35.5. The van der Waals surface area contributed by atoms with Crippen molar-refractivity contribution in [2.75, 3.05) is 6.54 Å². The highest BCUT2D eigenvalue weighted by Crippen LogP contribution is 2.45. The molecule has 0 bridgehead atoms. The minimum absolute atomic E-state index is 0. The van der Waals surface area contributed by atoms with E-state index in [1.807, 2.05) is 44.2 Å². The van der Waals surface area contributed by atoms with Crippen LogP contribution in [0.2, 0.25) is 0 Å². The molecule has 0 heterocycles. The second kappa shape index (κ2) is 7.61. The van der Waals surface area contributed by atoms with E-state index in [-0.39, 0.29) is 42.2 Å². The molecule has 1 aliphatic rings. The second-order valence-corrected chi connectivity index (χ2v) is 5.98. The molecule has 22 heavy (non-hydrogen) atoms. The fraction of sp³-hybridized carbons (Fsp3) is 0.500. The average molecular weight is 326 g/mol. The predicted octanol–water partition coefficient (Wildman–Crippen LogP) is 1.31. The van der Waals surface area contributed by atoms with Crippen molar-refractivity contribution in [3.63, 3.8) is 0 Å². The first-order valence-electron chi connectivity index (χ1n) is 7.34. The van der Waals surface area contributed by atoms with Crippen LogP contribution in [0.5, 0.6) is 0 Å². The largest absolute Gasteiger partial charge is 0.346 e. The number of carbonyl (C=O) groups is 2. The third-order valence-corrected chi connectivity index (χ3v) is 3.90. The van der Waals surface area contributed by atoms with Crippen molar-refractivity contribution in [1.82, 2.24) is 10.6 Å². The summed E-state index contributed by atoms with van der Waals surface area (Å²) in [5, 5.41) is 5.60. The molecule has 0 radical (unpaired) electrons. The molecule has 1 aromatic rings. The third-order valence-electron chi connectivity index (χ3n) is 3.90. The van der Waals surface area contributed by atoms with Crippen LogP contribution in [0.25, 0.3) is 0 Å². The molecule has 2 amide bonds. The van der Waals surface area contributed by atoms with Crippen LogP contribution in [0, 0.1) is 5.92 Å². The van der Waals surface area contributed by atoms with Crippen LogP contribution in [0.3, 0.4) is 0 Å². The van der Waals surface area contributed by atoms with Gasteiger partial charge in [0.1, 0.15) is 0 Å². The van der Waals surface area contributed by atoms with Gasteiger partial charge in [0.25, 0.3) is 0 Å². The van der Waals surface area contributed by atoms with E-state index >= 15 is 0 Å². The standard InChI is InChI=1S/C16H23N3O2.ClH/c1-11(2)14(17)15(21)18-10-13(20)19-16(8-9-16)12-6-4-3-5-7-12;/h3-7,11,14H,8-10,17H2,1-2H3,(H,18,21)(H,19,20);1H/t14-;/m0./s1. The molecule has 1 fully saturated rings. The van der Waals surface area contributed by atoms with Crippen LogP contribution in [0.15, 0.2) is 30.3 Å². The number of hydrogen-bond acceptors (Lipinski definition) is 3. The smallest absolute Gasteiger partial charge is 0.240 e. The maximum atomic E-state index is 12.0. The van der Waals surface area contributed by atoms with Crippen LogP contribution in [0.1, 0.15) is 32.3 Å². The van der Waals surface area contributed by atoms with Crippen LogP contribution in [-0.2, 0) is 15.1 Å². The van der Waals surface area contributed by atoms with Crippen molar-refractivity contribution < 1.29 is 9.59 Å². The van der Waals surface area contributed by atoms with Gasteiger partial charge in [-0.3, -0.25) is 9.59 Å². The van der Waals surface area contributed by atoms with Crippen LogP contribution in [-0.4, -0.2) is 24.4 Å². The van der Waals surface area contributed by atoms with E-state index < -0.39 is 6.04 Å². The predicted molar refractivity (Wildman–Crippen MR) is 88.6 cm³/mol. The van der Waals surface area contributed by atoms with E-state index in [1.54, 1.807) is 0 Å². The van der Waals surface area contributed by atoms with Gasteiger partial charge in [-0.15, -0.1) is 12.4 Å². The number of rotatable bonds is 6. The first-order chi connectivity index (χ1) is 9.94. The summed E-state index contributed by atoms with van der Waals surface area (Å²) in [5.74, 6) is -0.419. The molecule has 4 N–H and O–H groups in total. The van der Waals surface area contributed by atoms with Gasteiger partial charge >= 0.3 is 0 Å². The SMILES string of the molecule is CC(C)[C@H](N)C(=O)NCC(=O)NC1(c2ccccc2)CC1.Cl. The minimum Gasteiger partial charge on any atom is -0.346 e. The van der Waals surface area contributed by atoms with Gasteiger partial charge in [0.15, 0.2) is 0 Å². The lowest BCUT2D eigenvalue weighted by Gasteiger charge is -2.19. The molecule has 1 aromatic carbocycles. The lowest BCUT2D eigenvalue weighted by molar-refractivity contribution is -0.127. The number of nitrogens with one attached hydrogen (secondary N) is 2. The van der Waals surface area contributed by atoms with Gasteiger partial charge in [0.05, 0.1) is 18.1 Å². The van der Waals surface area contributed by atoms with Gasteiger partial charge in [-0.25, -0.2) is 0 Å². The Morgan fingerprint density at radius 2 is 1.82 bits per heavy atom. The molecule has 5 nitrogen and oxygen atoms in total. The lowest BCUT2D eigenvalue weighted by atomic mass is 10.0. The van der Waals surface area contributed by atoms with Crippen LogP contribution in [0.4, 0.5) is 0 Å². The summed E-state index contributed by atoms with van der Waals surface area (Å²) < 4.78 is 0. The Kier molecular flexibility index (Phi) is 6.38. The molecule has 2 rings (SSSR count). The summed E-state index contributed by atoms with van der Waals surface area (Å²) in [6, 6.07) is 9.33. The first kappa shape index (κ1) is 18.5. The van der Waals surface area contributed by atoms with Gasteiger partial charge < -0.3 is 16.4 Å². The molecule has 0 unspecified atom stereocenters. The minimum atomic E-state index is -0.582. The zero-order valence-corrected chi connectivity index (χ0v) is 13.8. The number of amides is 2.